The van der Waals surface area contributed by atoms with Gasteiger partial charge < -0.3 is 24.6 Å². The summed E-state index contributed by atoms with van der Waals surface area (Å²) in [4.78, 5) is 13.6. The molecule has 2 unspecified atom stereocenters. The molecule has 30 heavy (non-hydrogen) atoms. The fraction of sp³-hybridized carbons (Fsp3) is 0.400. The molecule has 0 bridgehead atoms. The standard InChI is InChI=1S/C20H23ClN4O5/c1-3-29-24-17-13-8-9-25(18(13)23-10-22-17)19-15(27)14(26)16(30-19)20(2,28)11-4-6-12(21)7-5-11/h4-10,14-16,19,26-28H,3H2,1-2H3,(H,22,23,24)/t14-,15+,16?,19+,20?/m0/s1. The molecule has 10 heteroatoms. The highest BCUT2D eigenvalue weighted by molar-refractivity contribution is 6.30. The van der Waals surface area contributed by atoms with Gasteiger partial charge in [-0.05, 0) is 37.6 Å². The van der Waals surface area contributed by atoms with Gasteiger partial charge in [-0.25, -0.2) is 15.4 Å². The molecule has 4 rings (SSSR count). The molecule has 160 valence electrons. The van der Waals surface area contributed by atoms with Crippen LogP contribution in [-0.2, 0) is 15.2 Å². The molecule has 4 N–H and O–H groups in total. The highest BCUT2D eigenvalue weighted by atomic mass is 35.5. The minimum atomic E-state index is -1.57. The summed E-state index contributed by atoms with van der Waals surface area (Å²) in [6.45, 7) is 3.82. The predicted octanol–water partition coefficient (Wildman–Crippen LogP) is 1.98. The molecule has 0 radical (unpaired) electrons. The van der Waals surface area contributed by atoms with Crippen molar-refractivity contribution in [3.05, 3.63) is 53.4 Å². The number of aliphatic hydroxyl groups excluding tert-OH is 2. The normalized spacial score (nSPS) is 26.1. The van der Waals surface area contributed by atoms with Crippen molar-refractivity contribution in [1.82, 2.24) is 14.5 Å². The third-order valence-corrected chi connectivity index (χ3v) is 5.57. The Morgan fingerprint density at radius 2 is 1.93 bits per heavy atom. The number of aliphatic hydroxyl groups is 3. The molecule has 0 amide bonds. The maximum absolute atomic E-state index is 11.1. The molecule has 3 aromatic rings. The maximum Gasteiger partial charge on any atom is 0.164 e. The zero-order chi connectivity index (χ0) is 21.5. The molecular formula is C20H23ClN4O5. The van der Waals surface area contributed by atoms with Crippen molar-refractivity contribution in [2.24, 2.45) is 0 Å². The fourth-order valence-electron chi connectivity index (χ4n) is 3.70. The summed E-state index contributed by atoms with van der Waals surface area (Å²) >= 11 is 5.93. The van der Waals surface area contributed by atoms with Crippen LogP contribution < -0.4 is 5.48 Å². The van der Waals surface area contributed by atoms with E-state index < -0.39 is 30.1 Å². The highest BCUT2D eigenvalue weighted by Crippen LogP contribution is 2.40. The second-order valence-electron chi connectivity index (χ2n) is 7.30. The summed E-state index contributed by atoms with van der Waals surface area (Å²) in [5.74, 6) is 0.471. The maximum atomic E-state index is 11.1. The van der Waals surface area contributed by atoms with E-state index in [2.05, 4.69) is 15.4 Å². The molecule has 5 atom stereocenters. The number of hydrogen-bond donors (Lipinski definition) is 4. The number of ether oxygens (including phenoxy) is 1. The number of anilines is 1. The van der Waals surface area contributed by atoms with Gasteiger partial charge in [-0.2, -0.15) is 0 Å². The van der Waals surface area contributed by atoms with Gasteiger partial charge in [-0.1, -0.05) is 23.7 Å². The lowest BCUT2D eigenvalue weighted by Crippen LogP contribution is -2.45. The first-order chi connectivity index (χ1) is 14.3. The van der Waals surface area contributed by atoms with Gasteiger partial charge in [-0.3, -0.25) is 4.84 Å². The van der Waals surface area contributed by atoms with Crippen LogP contribution in [0, 0.1) is 0 Å². The highest BCUT2D eigenvalue weighted by Gasteiger charge is 2.52. The molecule has 3 heterocycles. The lowest BCUT2D eigenvalue weighted by Gasteiger charge is -2.32. The van der Waals surface area contributed by atoms with Gasteiger partial charge in [0.1, 0.15) is 35.9 Å². The molecule has 0 spiro atoms. The van der Waals surface area contributed by atoms with Gasteiger partial charge in [-0.15, -0.1) is 0 Å². The summed E-state index contributed by atoms with van der Waals surface area (Å²) < 4.78 is 7.57. The van der Waals surface area contributed by atoms with Crippen molar-refractivity contribution < 1.29 is 24.9 Å². The SMILES string of the molecule is CCONc1ncnc2c1ccn2[C@@H]1OC(C(C)(O)c2ccc(Cl)cc2)[C@@H](O)[C@H]1O. The number of fused-ring (bicyclic) bond motifs is 1. The van der Waals surface area contributed by atoms with E-state index in [0.29, 0.717) is 34.0 Å². The van der Waals surface area contributed by atoms with Gasteiger partial charge in [0.05, 0.1) is 12.0 Å². The van der Waals surface area contributed by atoms with Crippen LogP contribution in [0.3, 0.4) is 0 Å². The zero-order valence-corrected chi connectivity index (χ0v) is 17.2. The monoisotopic (exact) mass is 434 g/mol. The van der Waals surface area contributed by atoms with Crippen LogP contribution >= 0.6 is 11.6 Å². The lowest BCUT2D eigenvalue weighted by molar-refractivity contribution is -0.135. The first kappa shape index (κ1) is 21.0. The van der Waals surface area contributed by atoms with Crippen molar-refractivity contribution in [1.29, 1.82) is 0 Å². The largest absolute Gasteiger partial charge is 0.387 e. The summed E-state index contributed by atoms with van der Waals surface area (Å²) in [5.41, 5.74) is 2.17. The van der Waals surface area contributed by atoms with Crippen LogP contribution in [0.4, 0.5) is 5.82 Å². The summed E-state index contributed by atoms with van der Waals surface area (Å²) in [6, 6.07) is 8.35. The van der Waals surface area contributed by atoms with Gasteiger partial charge in [0.2, 0.25) is 0 Å². The van der Waals surface area contributed by atoms with Gasteiger partial charge in [0.15, 0.2) is 12.0 Å². The summed E-state index contributed by atoms with van der Waals surface area (Å²) in [5, 5.41) is 33.7. The third-order valence-electron chi connectivity index (χ3n) is 5.32. The van der Waals surface area contributed by atoms with E-state index in [4.69, 9.17) is 21.2 Å². The molecule has 1 saturated heterocycles. The van der Waals surface area contributed by atoms with E-state index in [1.165, 1.54) is 13.3 Å². The molecule has 1 fully saturated rings. The fourth-order valence-corrected chi connectivity index (χ4v) is 3.83. The van der Waals surface area contributed by atoms with Crippen LogP contribution in [0.15, 0.2) is 42.9 Å². The van der Waals surface area contributed by atoms with Crippen LogP contribution in [0.25, 0.3) is 11.0 Å². The molecule has 1 aromatic carbocycles. The molecule has 0 aliphatic carbocycles. The Hall–Kier alpha value is -2.27. The zero-order valence-electron chi connectivity index (χ0n) is 16.4. The summed E-state index contributed by atoms with van der Waals surface area (Å²) in [6.07, 6.45) is -1.63. The Kier molecular flexibility index (Phi) is 5.67. The number of rotatable bonds is 6. The van der Waals surface area contributed by atoms with Crippen LogP contribution in [-0.4, -0.2) is 54.8 Å². The van der Waals surface area contributed by atoms with Crippen LogP contribution in [0.5, 0.6) is 0 Å². The number of aromatic nitrogens is 3. The number of halogens is 1. The molecule has 0 saturated carbocycles. The second kappa shape index (κ2) is 8.10. The Bertz CT molecular complexity index is 1030. The topological polar surface area (TPSA) is 122 Å². The van der Waals surface area contributed by atoms with Crippen molar-refractivity contribution in [2.75, 3.05) is 12.1 Å². The third kappa shape index (κ3) is 3.53. The van der Waals surface area contributed by atoms with Gasteiger partial charge in [0, 0.05) is 11.2 Å². The molecule has 9 nitrogen and oxygen atoms in total. The van der Waals surface area contributed by atoms with E-state index >= 15 is 0 Å². The molecule has 1 aliphatic heterocycles. The average Bonchev–Trinajstić information content (AvgIpc) is 3.29. The van der Waals surface area contributed by atoms with E-state index in [-0.39, 0.29) is 0 Å². The minimum absolute atomic E-state index is 0.449. The van der Waals surface area contributed by atoms with Crippen molar-refractivity contribution in [3.63, 3.8) is 0 Å². The van der Waals surface area contributed by atoms with Crippen molar-refractivity contribution in [2.45, 2.75) is 44.0 Å². The Morgan fingerprint density at radius 1 is 1.20 bits per heavy atom. The molecule has 1 aliphatic rings. The molecular weight excluding hydrogens is 412 g/mol. The number of benzene rings is 1. The minimum Gasteiger partial charge on any atom is -0.387 e. The van der Waals surface area contributed by atoms with Crippen molar-refractivity contribution >= 4 is 28.5 Å². The second-order valence-corrected chi connectivity index (χ2v) is 7.74. The van der Waals surface area contributed by atoms with Crippen molar-refractivity contribution in [3.8, 4) is 0 Å². The number of hydrogen-bond acceptors (Lipinski definition) is 8. The Labute approximate surface area is 177 Å². The summed E-state index contributed by atoms with van der Waals surface area (Å²) in [7, 11) is 0. The Morgan fingerprint density at radius 3 is 2.63 bits per heavy atom. The quantitative estimate of drug-likeness (QED) is 0.434. The average molecular weight is 435 g/mol. The van der Waals surface area contributed by atoms with Gasteiger partial charge in [0.25, 0.3) is 0 Å². The van der Waals surface area contributed by atoms with E-state index in [9.17, 15) is 15.3 Å². The van der Waals surface area contributed by atoms with Crippen LogP contribution in [0.1, 0.15) is 25.6 Å². The number of nitrogens with one attached hydrogen (secondary N) is 1. The van der Waals surface area contributed by atoms with Crippen LogP contribution in [0.2, 0.25) is 5.02 Å². The van der Waals surface area contributed by atoms with E-state index in [1.54, 1.807) is 41.1 Å². The molecule has 2 aromatic heterocycles. The Balaban J connectivity index is 1.66. The van der Waals surface area contributed by atoms with E-state index in [1.807, 2.05) is 6.92 Å². The van der Waals surface area contributed by atoms with E-state index in [0.717, 1.165) is 0 Å². The predicted molar refractivity (Wildman–Crippen MR) is 110 cm³/mol. The first-order valence-corrected chi connectivity index (χ1v) is 9.91. The number of nitrogens with zero attached hydrogens (tertiary/aromatic N) is 3. The first-order valence-electron chi connectivity index (χ1n) is 9.54. The smallest absolute Gasteiger partial charge is 0.164 e. The van der Waals surface area contributed by atoms with Gasteiger partial charge >= 0.3 is 0 Å². The lowest BCUT2D eigenvalue weighted by atomic mass is 9.87.